The molecule has 0 aliphatic carbocycles. The van der Waals surface area contributed by atoms with E-state index in [-0.39, 0.29) is 10.7 Å². The zero-order chi connectivity index (χ0) is 24.7. The fraction of sp³-hybridized carbons (Fsp3) is 0.208. The average Bonchev–Trinajstić information content (AvgIpc) is 3.62. The second-order valence-corrected chi connectivity index (χ2v) is 11.3. The van der Waals surface area contributed by atoms with E-state index in [9.17, 15) is 14.7 Å². The van der Waals surface area contributed by atoms with Crippen LogP contribution in [0.3, 0.4) is 0 Å². The summed E-state index contributed by atoms with van der Waals surface area (Å²) in [5, 5.41) is 20.3. The van der Waals surface area contributed by atoms with E-state index in [1.54, 1.807) is 26.0 Å². The summed E-state index contributed by atoms with van der Waals surface area (Å²) in [5.74, 6) is -0.761. The number of Topliss-reactive ketones (excluding diaryl/α,β-unsaturated/α-hetero) is 1. The topological polar surface area (TPSA) is 109 Å². The molecule has 1 aromatic carbocycles. The average molecular weight is 525 g/mol. The fourth-order valence-electron chi connectivity index (χ4n) is 3.80. The summed E-state index contributed by atoms with van der Waals surface area (Å²) >= 11 is 3.95. The maximum atomic E-state index is 13.5. The zero-order valence-electron chi connectivity index (χ0n) is 19.0. The summed E-state index contributed by atoms with van der Waals surface area (Å²) in [5.41, 5.74) is 2.83. The van der Waals surface area contributed by atoms with E-state index in [1.807, 2.05) is 6.92 Å². The van der Waals surface area contributed by atoms with Gasteiger partial charge in [-0.1, -0.05) is 52.9 Å². The zero-order valence-corrected chi connectivity index (χ0v) is 21.5. The van der Waals surface area contributed by atoms with Gasteiger partial charge in [-0.3, -0.25) is 14.5 Å². The molecule has 0 bridgehead atoms. The third-order valence-corrected chi connectivity index (χ3v) is 8.66. The van der Waals surface area contributed by atoms with E-state index in [2.05, 4.69) is 39.4 Å². The van der Waals surface area contributed by atoms with E-state index in [0.29, 0.717) is 26.4 Å². The first-order valence-electron chi connectivity index (χ1n) is 10.6. The van der Waals surface area contributed by atoms with Crippen LogP contribution in [0, 0.1) is 20.8 Å². The van der Waals surface area contributed by atoms with Crippen molar-refractivity contribution in [2.75, 3.05) is 4.90 Å². The molecule has 1 atom stereocenters. The lowest BCUT2D eigenvalue weighted by Gasteiger charge is -2.21. The number of furan rings is 1. The van der Waals surface area contributed by atoms with E-state index in [4.69, 9.17) is 4.42 Å². The lowest BCUT2D eigenvalue weighted by Crippen LogP contribution is -2.30. The van der Waals surface area contributed by atoms with Gasteiger partial charge in [-0.15, -0.1) is 21.5 Å². The normalized spacial score (nSPS) is 15.9. The Morgan fingerprint density at radius 1 is 1.14 bits per heavy atom. The number of carbonyl (C=O) groups excluding carboxylic acids is 2. The molecule has 178 valence electrons. The lowest BCUT2D eigenvalue weighted by atomic mass is 10.00. The molecule has 5 rings (SSSR count). The second kappa shape index (κ2) is 9.40. The van der Waals surface area contributed by atoms with E-state index < -0.39 is 23.5 Å². The molecule has 1 aliphatic heterocycles. The maximum absolute atomic E-state index is 13.5. The molecular weight excluding hydrogens is 504 g/mol. The molecule has 11 heteroatoms. The number of hydrogen-bond donors (Lipinski definition) is 1. The molecule has 0 radical (unpaired) electrons. The predicted molar refractivity (Wildman–Crippen MR) is 135 cm³/mol. The number of nitrogens with zero attached hydrogens (tertiary/aromatic N) is 4. The van der Waals surface area contributed by atoms with Crippen LogP contribution in [-0.4, -0.2) is 32.0 Å². The Kier molecular flexibility index (Phi) is 6.30. The first-order valence-corrected chi connectivity index (χ1v) is 13.3. The molecule has 8 nitrogen and oxygen atoms in total. The highest BCUT2D eigenvalue weighted by atomic mass is 32.2. The van der Waals surface area contributed by atoms with Crippen molar-refractivity contribution in [2.45, 2.75) is 36.9 Å². The number of benzene rings is 1. The number of thiazole rings is 1. The van der Waals surface area contributed by atoms with Gasteiger partial charge < -0.3 is 9.52 Å². The molecule has 1 unspecified atom stereocenters. The Morgan fingerprint density at radius 2 is 1.91 bits per heavy atom. The largest absolute Gasteiger partial charge is 0.503 e. The van der Waals surface area contributed by atoms with Crippen LogP contribution < -0.4 is 4.90 Å². The highest BCUT2D eigenvalue weighted by molar-refractivity contribution is 8.00. The Labute approximate surface area is 213 Å². The molecule has 0 saturated carbocycles. The number of aryl methyl sites for hydroxylation is 3. The van der Waals surface area contributed by atoms with Crippen molar-refractivity contribution in [1.29, 1.82) is 0 Å². The van der Waals surface area contributed by atoms with Crippen molar-refractivity contribution in [1.82, 2.24) is 15.2 Å². The summed E-state index contributed by atoms with van der Waals surface area (Å²) in [4.78, 5) is 32.7. The number of rotatable bonds is 7. The number of carbonyl (C=O) groups is 2. The van der Waals surface area contributed by atoms with Crippen molar-refractivity contribution >= 4 is 51.3 Å². The minimum atomic E-state index is -0.963. The monoisotopic (exact) mass is 524 g/mol. The van der Waals surface area contributed by atoms with Gasteiger partial charge in [0, 0.05) is 5.75 Å². The van der Waals surface area contributed by atoms with Gasteiger partial charge in [0.05, 0.1) is 27.4 Å². The van der Waals surface area contributed by atoms with Gasteiger partial charge >= 0.3 is 0 Å². The summed E-state index contributed by atoms with van der Waals surface area (Å²) in [6, 6.07) is 10.6. The molecule has 1 amide bonds. The SMILES string of the molecule is Cc1ccc(CSc2nnc(N3C(=O)C(O)=C(C(=O)c4sc(C)nc4C)C3c3ccco3)s2)cc1. The van der Waals surface area contributed by atoms with Crippen molar-refractivity contribution in [3.8, 4) is 0 Å². The van der Waals surface area contributed by atoms with Gasteiger partial charge in [0.2, 0.25) is 10.9 Å². The summed E-state index contributed by atoms with van der Waals surface area (Å²) < 4.78 is 6.25. The molecule has 3 aromatic heterocycles. The smallest absolute Gasteiger partial charge is 0.296 e. The number of aromatic nitrogens is 3. The number of aliphatic hydroxyl groups is 1. The van der Waals surface area contributed by atoms with Crippen LogP contribution in [0.2, 0.25) is 0 Å². The number of anilines is 1. The van der Waals surface area contributed by atoms with Crippen LogP contribution in [0.15, 0.2) is 62.8 Å². The molecule has 4 heterocycles. The quantitative estimate of drug-likeness (QED) is 0.189. The van der Waals surface area contributed by atoms with Crippen LogP contribution in [0.25, 0.3) is 0 Å². The van der Waals surface area contributed by atoms with Crippen molar-refractivity contribution in [2.24, 2.45) is 0 Å². The van der Waals surface area contributed by atoms with Crippen molar-refractivity contribution in [3.63, 3.8) is 0 Å². The van der Waals surface area contributed by atoms with Crippen LogP contribution in [-0.2, 0) is 10.5 Å². The second-order valence-electron chi connectivity index (χ2n) is 7.96. The fourth-order valence-corrected chi connectivity index (χ4v) is 6.50. The van der Waals surface area contributed by atoms with Crippen LogP contribution >= 0.6 is 34.4 Å². The predicted octanol–water partition coefficient (Wildman–Crippen LogP) is 5.59. The van der Waals surface area contributed by atoms with Crippen molar-refractivity contribution < 1.29 is 19.1 Å². The highest BCUT2D eigenvalue weighted by Crippen LogP contribution is 2.44. The number of ketones is 1. The molecule has 1 aliphatic rings. The van der Waals surface area contributed by atoms with Crippen LogP contribution in [0.5, 0.6) is 0 Å². The Morgan fingerprint density at radius 3 is 2.57 bits per heavy atom. The highest BCUT2D eigenvalue weighted by Gasteiger charge is 2.48. The van der Waals surface area contributed by atoms with Gasteiger partial charge in [0.1, 0.15) is 11.8 Å². The molecular formula is C24H20N4O4S3. The van der Waals surface area contributed by atoms with Crippen LogP contribution in [0.1, 0.15) is 43.3 Å². The van der Waals surface area contributed by atoms with Crippen LogP contribution in [0.4, 0.5) is 5.13 Å². The third-order valence-electron chi connectivity index (χ3n) is 5.46. The minimum absolute atomic E-state index is 0.0549. The van der Waals surface area contributed by atoms with E-state index in [0.717, 1.165) is 10.6 Å². The number of hydrogen-bond acceptors (Lipinski definition) is 10. The Bertz CT molecular complexity index is 1440. The number of amides is 1. The summed E-state index contributed by atoms with van der Waals surface area (Å²) in [6.45, 7) is 5.57. The first kappa shape index (κ1) is 23.5. The number of aliphatic hydroxyl groups excluding tert-OH is 1. The first-order chi connectivity index (χ1) is 16.8. The number of thioether (sulfide) groups is 1. The molecule has 35 heavy (non-hydrogen) atoms. The molecule has 1 N–H and O–H groups in total. The minimum Gasteiger partial charge on any atom is -0.503 e. The Hall–Kier alpha value is -3.28. The maximum Gasteiger partial charge on any atom is 0.296 e. The molecule has 4 aromatic rings. The van der Waals surface area contributed by atoms with Gasteiger partial charge in [0.15, 0.2) is 10.1 Å². The van der Waals surface area contributed by atoms with Gasteiger partial charge in [0.25, 0.3) is 5.91 Å². The van der Waals surface area contributed by atoms with E-state index in [1.165, 1.54) is 51.2 Å². The standard InChI is InChI=1S/C24H20N4O4S3/c1-12-6-8-15(9-7-12)11-33-24-27-26-23(35-24)28-18(16-5-4-10-32-16)17(20(30)22(28)31)19(29)21-13(2)25-14(3)34-21/h4-10,18,30H,11H2,1-3H3. The molecule has 0 spiro atoms. The third kappa shape index (κ3) is 4.42. The van der Waals surface area contributed by atoms with Gasteiger partial charge in [-0.25, -0.2) is 4.98 Å². The molecule has 0 saturated heterocycles. The van der Waals surface area contributed by atoms with Crippen molar-refractivity contribution in [3.05, 3.63) is 86.5 Å². The van der Waals surface area contributed by atoms with Gasteiger partial charge in [-0.2, -0.15) is 0 Å². The van der Waals surface area contributed by atoms with E-state index >= 15 is 0 Å². The summed E-state index contributed by atoms with van der Waals surface area (Å²) in [7, 11) is 0. The van der Waals surface area contributed by atoms with Gasteiger partial charge in [-0.05, 0) is 38.5 Å². The summed E-state index contributed by atoms with van der Waals surface area (Å²) in [6.07, 6.45) is 1.46. The Balaban J connectivity index is 1.46. The molecule has 0 fully saturated rings. The lowest BCUT2D eigenvalue weighted by molar-refractivity contribution is -0.117.